The second-order valence-corrected chi connectivity index (χ2v) is 8.19. The Hall–Kier alpha value is -2.80. The fraction of sp³-hybridized carbons (Fsp3) is 0.318. The fourth-order valence-electron chi connectivity index (χ4n) is 3.92. The minimum atomic E-state index is -0.421. The number of nitrogens with zero attached hydrogens (tertiary/aromatic N) is 3. The first-order valence-corrected chi connectivity index (χ1v) is 10.7. The molecule has 2 aromatic carbocycles. The van der Waals surface area contributed by atoms with Gasteiger partial charge in [-0.25, -0.2) is 9.38 Å². The third-order valence-electron chi connectivity index (χ3n) is 5.41. The number of benzene rings is 2. The molecule has 7 heteroatoms. The Bertz CT molecular complexity index is 1080. The van der Waals surface area contributed by atoms with Crippen molar-refractivity contribution < 1.29 is 9.31 Å². The predicted octanol–water partition coefficient (Wildman–Crippen LogP) is 6.08. The zero-order valence-corrected chi connectivity index (χ0v) is 16.8. The number of nitro benzene ring substituents is 1. The molecule has 0 radical (unpaired) electrons. The summed E-state index contributed by atoms with van der Waals surface area (Å²) in [4.78, 5) is 16.2. The van der Waals surface area contributed by atoms with E-state index in [9.17, 15) is 14.5 Å². The topological polar surface area (TPSA) is 60.4 Å². The Morgan fingerprint density at radius 2 is 1.83 bits per heavy atom. The van der Waals surface area contributed by atoms with Gasteiger partial charge in [0.2, 0.25) is 0 Å². The van der Waals surface area contributed by atoms with Crippen LogP contribution in [0.2, 0.25) is 0 Å². The van der Waals surface area contributed by atoms with Crippen molar-refractivity contribution in [2.24, 2.45) is 10.9 Å². The van der Waals surface area contributed by atoms with E-state index in [2.05, 4.69) is 4.99 Å². The molecule has 1 fully saturated rings. The molecule has 29 heavy (non-hydrogen) atoms. The van der Waals surface area contributed by atoms with Crippen molar-refractivity contribution in [1.82, 2.24) is 4.57 Å². The van der Waals surface area contributed by atoms with Gasteiger partial charge in [-0.1, -0.05) is 43.5 Å². The van der Waals surface area contributed by atoms with Gasteiger partial charge in [0.15, 0.2) is 4.80 Å². The van der Waals surface area contributed by atoms with Crippen LogP contribution in [-0.2, 0) is 6.54 Å². The molecular formula is C22H22FN3O2S. The maximum atomic E-state index is 14.5. The third-order valence-corrected chi connectivity index (χ3v) is 6.27. The molecule has 150 valence electrons. The minimum Gasteiger partial charge on any atom is -0.316 e. The molecule has 0 atom stereocenters. The Balaban J connectivity index is 1.84. The summed E-state index contributed by atoms with van der Waals surface area (Å²) in [6, 6.07) is 13.2. The van der Waals surface area contributed by atoms with E-state index in [-0.39, 0.29) is 11.5 Å². The molecule has 0 unspecified atom stereocenters. The van der Waals surface area contributed by atoms with E-state index in [4.69, 9.17) is 0 Å². The normalized spacial score (nSPS) is 15.6. The summed E-state index contributed by atoms with van der Waals surface area (Å²) in [6.45, 7) is 0.743. The van der Waals surface area contributed by atoms with Crippen LogP contribution >= 0.6 is 11.3 Å². The predicted molar refractivity (Wildman–Crippen MR) is 113 cm³/mol. The molecule has 1 aliphatic carbocycles. The number of rotatable bonds is 5. The maximum Gasteiger partial charge on any atom is 0.294 e. The Morgan fingerprint density at radius 1 is 1.10 bits per heavy atom. The van der Waals surface area contributed by atoms with Crippen LogP contribution in [0.5, 0.6) is 0 Å². The first-order chi connectivity index (χ1) is 14.1. The van der Waals surface area contributed by atoms with Crippen LogP contribution in [0, 0.1) is 21.8 Å². The molecule has 1 aliphatic rings. The van der Waals surface area contributed by atoms with E-state index in [1.807, 2.05) is 16.0 Å². The molecule has 0 bridgehead atoms. The molecule has 5 nitrogen and oxygen atoms in total. The number of para-hydroxylation sites is 2. The van der Waals surface area contributed by atoms with Gasteiger partial charge >= 0.3 is 0 Å². The summed E-state index contributed by atoms with van der Waals surface area (Å²) in [7, 11) is 0. The lowest BCUT2D eigenvalue weighted by Gasteiger charge is -2.23. The van der Waals surface area contributed by atoms with Crippen molar-refractivity contribution in [3.05, 3.63) is 74.6 Å². The lowest BCUT2D eigenvalue weighted by molar-refractivity contribution is -0.384. The maximum absolute atomic E-state index is 14.5. The molecule has 1 aromatic heterocycles. The Labute approximate surface area is 172 Å². The second kappa shape index (κ2) is 8.69. The van der Waals surface area contributed by atoms with Gasteiger partial charge in [0, 0.05) is 23.6 Å². The largest absolute Gasteiger partial charge is 0.316 e. The first-order valence-electron chi connectivity index (χ1n) is 9.85. The van der Waals surface area contributed by atoms with E-state index in [0.29, 0.717) is 22.0 Å². The van der Waals surface area contributed by atoms with E-state index in [1.165, 1.54) is 42.7 Å². The highest BCUT2D eigenvalue weighted by atomic mass is 32.1. The van der Waals surface area contributed by atoms with Crippen LogP contribution in [0.25, 0.3) is 11.3 Å². The van der Waals surface area contributed by atoms with Crippen LogP contribution < -0.4 is 4.80 Å². The molecule has 0 spiro atoms. The van der Waals surface area contributed by atoms with E-state index in [1.54, 1.807) is 30.3 Å². The van der Waals surface area contributed by atoms with Gasteiger partial charge in [-0.2, -0.15) is 0 Å². The van der Waals surface area contributed by atoms with Crippen LogP contribution in [0.1, 0.15) is 32.1 Å². The second-order valence-electron chi connectivity index (χ2n) is 7.36. The summed E-state index contributed by atoms with van der Waals surface area (Å²) >= 11 is 1.39. The van der Waals surface area contributed by atoms with Gasteiger partial charge in [-0.3, -0.25) is 10.1 Å². The van der Waals surface area contributed by atoms with Crippen molar-refractivity contribution in [2.75, 3.05) is 0 Å². The summed E-state index contributed by atoms with van der Waals surface area (Å²) in [6.07, 6.45) is 5.97. The molecule has 3 aromatic rings. The van der Waals surface area contributed by atoms with Crippen molar-refractivity contribution in [3.8, 4) is 11.3 Å². The van der Waals surface area contributed by atoms with Crippen molar-refractivity contribution in [2.45, 2.75) is 38.6 Å². The quantitative estimate of drug-likeness (QED) is 0.377. The van der Waals surface area contributed by atoms with Crippen molar-refractivity contribution in [3.63, 3.8) is 0 Å². The number of nitro groups is 1. The van der Waals surface area contributed by atoms with Crippen LogP contribution in [0.15, 0.2) is 58.9 Å². The third kappa shape index (κ3) is 4.29. The lowest BCUT2D eigenvalue weighted by atomic mass is 9.89. The van der Waals surface area contributed by atoms with Crippen LogP contribution in [0.3, 0.4) is 0 Å². The molecule has 1 heterocycles. The van der Waals surface area contributed by atoms with Crippen LogP contribution in [-0.4, -0.2) is 9.49 Å². The average Bonchev–Trinajstić information content (AvgIpc) is 3.11. The summed E-state index contributed by atoms with van der Waals surface area (Å²) in [5.74, 6) is 0.230. The highest BCUT2D eigenvalue weighted by Crippen LogP contribution is 2.30. The van der Waals surface area contributed by atoms with Gasteiger partial charge in [-0.05, 0) is 37.0 Å². The molecule has 0 amide bonds. The monoisotopic (exact) mass is 411 g/mol. The minimum absolute atomic E-state index is 0.0300. The zero-order valence-electron chi connectivity index (χ0n) is 16.0. The summed E-state index contributed by atoms with van der Waals surface area (Å²) in [5, 5.41) is 13.3. The molecule has 0 saturated heterocycles. The average molecular weight is 412 g/mol. The van der Waals surface area contributed by atoms with E-state index >= 15 is 0 Å². The lowest BCUT2D eigenvalue weighted by Crippen LogP contribution is -2.23. The Kier molecular flexibility index (Phi) is 5.85. The number of hydrogen-bond donors (Lipinski definition) is 0. The molecule has 0 aliphatic heterocycles. The molecule has 0 N–H and O–H groups in total. The van der Waals surface area contributed by atoms with Crippen molar-refractivity contribution in [1.29, 1.82) is 0 Å². The highest BCUT2D eigenvalue weighted by Gasteiger charge is 2.19. The van der Waals surface area contributed by atoms with Gasteiger partial charge in [0.05, 0.1) is 10.6 Å². The SMILES string of the molecule is O=[N+]([O-])c1ccccc1N=c1scc(-c2ccccc2F)n1CC1CCCCC1. The van der Waals surface area contributed by atoms with Gasteiger partial charge in [-0.15, -0.1) is 11.3 Å². The number of thiazole rings is 1. The number of halogens is 1. The smallest absolute Gasteiger partial charge is 0.294 e. The summed E-state index contributed by atoms with van der Waals surface area (Å²) in [5.41, 5.74) is 1.59. The zero-order chi connectivity index (χ0) is 20.2. The van der Waals surface area contributed by atoms with Crippen LogP contribution in [0.4, 0.5) is 15.8 Å². The van der Waals surface area contributed by atoms with Crippen molar-refractivity contribution >= 4 is 22.7 Å². The highest BCUT2D eigenvalue weighted by molar-refractivity contribution is 7.07. The van der Waals surface area contributed by atoms with E-state index in [0.717, 1.165) is 25.1 Å². The number of aromatic nitrogens is 1. The standard InChI is InChI=1S/C22H22FN3O2S/c23-18-11-5-4-10-17(18)21-15-29-22(25(21)14-16-8-2-1-3-9-16)24-19-12-6-7-13-20(19)26(27)28/h4-7,10-13,15-16H,1-3,8-9,14H2. The summed E-state index contributed by atoms with van der Waals surface area (Å²) < 4.78 is 16.5. The Morgan fingerprint density at radius 3 is 2.59 bits per heavy atom. The fourth-order valence-corrected chi connectivity index (χ4v) is 4.85. The van der Waals surface area contributed by atoms with Gasteiger partial charge < -0.3 is 4.57 Å². The van der Waals surface area contributed by atoms with Gasteiger partial charge in [0.25, 0.3) is 5.69 Å². The number of hydrogen-bond acceptors (Lipinski definition) is 4. The van der Waals surface area contributed by atoms with Gasteiger partial charge in [0.1, 0.15) is 11.5 Å². The van der Waals surface area contributed by atoms with E-state index < -0.39 is 4.92 Å². The first kappa shape index (κ1) is 19.5. The molecular weight excluding hydrogens is 389 g/mol. The molecule has 1 saturated carbocycles. The molecule has 4 rings (SSSR count).